The average molecular weight is 562 g/mol. The molecule has 10 nitrogen and oxygen atoms in total. The van der Waals surface area contributed by atoms with Crippen molar-refractivity contribution in [1.29, 1.82) is 0 Å². The number of hydrogen-bond acceptors (Lipinski definition) is 6. The molecule has 0 saturated heterocycles. The molecule has 0 unspecified atom stereocenters. The molecule has 0 aliphatic rings. The summed E-state index contributed by atoms with van der Waals surface area (Å²) in [5.41, 5.74) is 13.6. The first-order valence-corrected chi connectivity index (χ1v) is 10.6. The molecule has 32 heavy (non-hydrogen) atoms. The number of fused-ring (bicyclic) bond motifs is 1. The number of imidazole rings is 3. The summed E-state index contributed by atoms with van der Waals surface area (Å²) in [6.07, 6.45) is 9.17. The van der Waals surface area contributed by atoms with Gasteiger partial charge in [0.05, 0.1) is 22.4 Å². The summed E-state index contributed by atoms with van der Waals surface area (Å²) in [4.78, 5) is 35.0. The van der Waals surface area contributed by atoms with Crippen LogP contribution in [0.3, 0.4) is 0 Å². The summed E-state index contributed by atoms with van der Waals surface area (Å²) in [6, 6.07) is 10.8. The maximum Gasteiger partial charge on any atom is 0.338 e. The molecule has 164 valence electrons. The highest BCUT2D eigenvalue weighted by atomic mass is 79.9. The molecule has 6 N–H and O–H groups in total. The van der Waals surface area contributed by atoms with Gasteiger partial charge < -0.3 is 21.4 Å². The van der Waals surface area contributed by atoms with E-state index in [1.807, 2.05) is 24.3 Å². The standard InChI is InChI=1S/C7H5BrN2O.C7H6N4O.C6H7BrN2/c8-4-1-2-5-6(3-4)10-7(11)9-5;12-7(10-3-1-8-5-10)11-4-2-9-6-11;7-4-1-2-5(8)6(9)3-4/h1-3H,(H2,9,10,11);1-6H;1-3H,8-9H2. The third kappa shape index (κ3) is 6.18. The van der Waals surface area contributed by atoms with Crippen molar-refractivity contribution < 1.29 is 4.79 Å². The lowest BCUT2D eigenvalue weighted by atomic mass is 10.3. The highest BCUT2D eigenvalue weighted by Gasteiger charge is 2.03. The fourth-order valence-electron chi connectivity index (χ4n) is 2.43. The number of rotatable bonds is 0. The van der Waals surface area contributed by atoms with E-state index < -0.39 is 0 Å². The molecule has 0 radical (unpaired) electrons. The minimum Gasteiger partial charge on any atom is -0.397 e. The van der Waals surface area contributed by atoms with E-state index in [1.54, 1.807) is 36.9 Å². The lowest BCUT2D eigenvalue weighted by Crippen LogP contribution is -2.15. The molecule has 0 aliphatic carbocycles. The number of benzene rings is 2. The molecular weight excluding hydrogens is 544 g/mol. The number of nitrogens with two attached hydrogens (primary N) is 2. The molecule has 0 saturated carbocycles. The molecule has 5 rings (SSSR count). The van der Waals surface area contributed by atoms with E-state index in [0.717, 1.165) is 20.0 Å². The molecule has 5 aromatic rings. The molecule has 0 bridgehead atoms. The Balaban J connectivity index is 0.000000137. The van der Waals surface area contributed by atoms with Gasteiger partial charge in [-0.25, -0.2) is 19.6 Å². The number of aromatic nitrogens is 6. The predicted molar refractivity (Wildman–Crippen MR) is 130 cm³/mol. The number of halogens is 2. The van der Waals surface area contributed by atoms with Crippen LogP contribution in [-0.2, 0) is 0 Å². The van der Waals surface area contributed by atoms with Crippen molar-refractivity contribution in [2.24, 2.45) is 0 Å². The number of nitrogen functional groups attached to an aromatic ring is 2. The van der Waals surface area contributed by atoms with Crippen LogP contribution in [0.2, 0.25) is 0 Å². The van der Waals surface area contributed by atoms with Gasteiger partial charge in [-0.2, -0.15) is 0 Å². The van der Waals surface area contributed by atoms with Gasteiger partial charge in [0.2, 0.25) is 0 Å². The first kappa shape index (κ1) is 23.0. The van der Waals surface area contributed by atoms with Crippen molar-refractivity contribution in [3.05, 3.63) is 93.3 Å². The lowest BCUT2D eigenvalue weighted by molar-refractivity contribution is 0.244. The Morgan fingerprint density at radius 1 is 0.812 bits per heavy atom. The molecule has 3 aromatic heterocycles. The van der Waals surface area contributed by atoms with Gasteiger partial charge in [-0.3, -0.25) is 9.13 Å². The summed E-state index contributed by atoms with van der Waals surface area (Å²) in [6.45, 7) is 0. The number of hydrogen-bond donors (Lipinski definition) is 4. The van der Waals surface area contributed by atoms with Gasteiger partial charge >= 0.3 is 11.7 Å². The smallest absolute Gasteiger partial charge is 0.338 e. The topological polar surface area (TPSA) is 153 Å². The zero-order chi connectivity index (χ0) is 23.1. The number of anilines is 2. The van der Waals surface area contributed by atoms with Crippen LogP contribution in [0.4, 0.5) is 16.2 Å². The van der Waals surface area contributed by atoms with Crippen LogP contribution in [0.25, 0.3) is 11.0 Å². The third-order valence-corrected chi connectivity index (χ3v) is 4.96. The zero-order valence-corrected chi connectivity index (χ0v) is 19.6. The van der Waals surface area contributed by atoms with E-state index in [1.165, 1.54) is 21.8 Å². The molecule has 12 heteroatoms. The van der Waals surface area contributed by atoms with Crippen molar-refractivity contribution in [2.45, 2.75) is 0 Å². The van der Waals surface area contributed by atoms with Crippen LogP contribution in [0, 0.1) is 0 Å². The second kappa shape index (κ2) is 10.6. The first-order valence-electron chi connectivity index (χ1n) is 9.02. The molecule has 0 fully saturated rings. The maximum atomic E-state index is 11.4. The van der Waals surface area contributed by atoms with Crippen molar-refractivity contribution >= 4 is 60.3 Å². The number of H-pyrrole nitrogens is 2. The Morgan fingerprint density at radius 2 is 1.38 bits per heavy atom. The number of nitrogens with zero attached hydrogens (tertiary/aromatic N) is 4. The van der Waals surface area contributed by atoms with Gasteiger partial charge in [0.15, 0.2) is 0 Å². The fourth-order valence-corrected chi connectivity index (χ4v) is 3.17. The van der Waals surface area contributed by atoms with E-state index in [-0.39, 0.29) is 11.7 Å². The van der Waals surface area contributed by atoms with E-state index in [0.29, 0.717) is 11.4 Å². The minimum atomic E-state index is -0.190. The number of carbonyl (C=O) groups excluding carboxylic acids is 1. The SMILES string of the molecule is Nc1ccc(Br)cc1N.O=C(n1ccnc1)n1ccnc1.O=c1[nH]c2ccc(Br)cc2[nH]1. The number of aromatic amines is 2. The summed E-state index contributed by atoms with van der Waals surface area (Å²) >= 11 is 6.57. The first-order chi connectivity index (χ1) is 15.3. The molecule has 3 heterocycles. The molecule has 0 atom stereocenters. The Labute approximate surface area is 198 Å². The van der Waals surface area contributed by atoms with Crippen molar-refractivity contribution in [3.63, 3.8) is 0 Å². The summed E-state index contributed by atoms with van der Waals surface area (Å²) < 4.78 is 4.66. The van der Waals surface area contributed by atoms with Crippen molar-refractivity contribution in [2.75, 3.05) is 11.5 Å². The van der Waals surface area contributed by atoms with Gasteiger partial charge in [0.1, 0.15) is 12.7 Å². The van der Waals surface area contributed by atoms with Crippen molar-refractivity contribution in [1.82, 2.24) is 29.1 Å². The number of nitrogens with one attached hydrogen (secondary N) is 2. The Hall–Kier alpha value is -3.64. The van der Waals surface area contributed by atoms with Crippen LogP contribution >= 0.6 is 31.9 Å². The normalized spacial score (nSPS) is 10.1. The monoisotopic (exact) mass is 560 g/mol. The largest absolute Gasteiger partial charge is 0.397 e. The summed E-state index contributed by atoms with van der Waals surface area (Å²) in [5.74, 6) is 0. The van der Waals surface area contributed by atoms with Crippen LogP contribution in [-0.4, -0.2) is 35.1 Å². The zero-order valence-electron chi connectivity index (χ0n) is 16.4. The van der Waals surface area contributed by atoms with Crippen LogP contribution in [0.1, 0.15) is 0 Å². The lowest BCUT2D eigenvalue weighted by Gasteiger charge is -1.98. The molecule has 2 aromatic carbocycles. The fraction of sp³-hybridized carbons (Fsp3) is 0. The van der Waals surface area contributed by atoms with Crippen LogP contribution < -0.4 is 17.2 Å². The van der Waals surface area contributed by atoms with Gasteiger partial charge in [-0.05, 0) is 36.4 Å². The predicted octanol–water partition coefficient (Wildman–Crippen LogP) is 3.83. The van der Waals surface area contributed by atoms with E-state index in [9.17, 15) is 9.59 Å². The highest BCUT2D eigenvalue weighted by Crippen LogP contribution is 2.19. The highest BCUT2D eigenvalue weighted by molar-refractivity contribution is 9.10. The van der Waals surface area contributed by atoms with Gasteiger partial charge in [0.25, 0.3) is 0 Å². The summed E-state index contributed by atoms with van der Waals surface area (Å²) in [5, 5.41) is 0. The minimum absolute atomic E-state index is 0.168. The molecule has 0 spiro atoms. The van der Waals surface area contributed by atoms with Gasteiger partial charge in [-0.1, -0.05) is 31.9 Å². The second-order valence-electron chi connectivity index (χ2n) is 6.26. The quantitative estimate of drug-likeness (QED) is 0.211. The second-order valence-corrected chi connectivity index (χ2v) is 8.10. The van der Waals surface area contributed by atoms with Crippen LogP contribution in [0.15, 0.2) is 87.6 Å². The Bertz CT molecular complexity index is 1320. The van der Waals surface area contributed by atoms with Crippen molar-refractivity contribution in [3.8, 4) is 0 Å². The maximum absolute atomic E-state index is 11.4. The molecule has 0 aliphatic heterocycles. The van der Waals surface area contributed by atoms with E-state index in [4.69, 9.17) is 11.5 Å². The Morgan fingerprint density at radius 3 is 1.91 bits per heavy atom. The Kier molecular flexibility index (Phi) is 7.63. The third-order valence-electron chi connectivity index (χ3n) is 3.98. The van der Waals surface area contributed by atoms with E-state index >= 15 is 0 Å². The number of carbonyl (C=O) groups is 1. The molecular formula is C20H18Br2N8O2. The van der Waals surface area contributed by atoms with Gasteiger partial charge in [0, 0.05) is 33.7 Å². The van der Waals surface area contributed by atoms with Crippen LogP contribution in [0.5, 0.6) is 0 Å². The summed E-state index contributed by atoms with van der Waals surface area (Å²) in [7, 11) is 0. The van der Waals surface area contributed by atoms with E-state index in [2.05, 4.69) is 51.8 Å². The molecule has 0 amide bonds. The average Bonchev–Trinajstić information content (AvgIpc) is 3.52. The van der Waals surface area contributed by atoms with Gasteiger partial charge in [-0.15, -0.1) is 0 Å².